The molecule has 3 atom stereocenters. The quantitative estimate of drug-likeness (QED) is 0.888. The summed E-state index contributed by atoms with van der Waals surface area (Å²) in [5.41, 5.74) is 0.761. The van der Waals surface area contributed by atoms with Crippen molar-refractivity contribution >= 4 is 10.8 Å². The van der Waals surface area contributed by atoms with Gasteiger partial charge in [0.15, 0.2) is 6.17 Å². The second-order valence-electron chi connectivity index (χ2n) is 6.83. The van der Waals surface area contributed by atoms with Crippen LogP contribution in [0, 0.1) is 12.3 Å². The molecule has 4 heteroatoms. The average Bonchev–Trinajstić information content (AvgIpc) is 2.52. The van der Waals surface area contributed by atoms with Gasteiger partial charge in [0.1, 0.15) is 0 Å². The molecule has 0 aliphatic heterocycles. The van der Waals surface area contributed by atoms with Crippen LogP contribution in [0.5, 0.6) is 0 Å². The third-order valence-electron chi connectivity index (χ3n) is 3.82. The molecule has 0 heterocycles. The molecule has 0 amide bonds. The van der Waals surface area contributed by atoms with Gasteiger partial charge in [0.25, 0.3) is 0 Å². The number of rotatable bonds is 4. The minimum absolute atomic E-state index is 0.286. The molecule has 0 unspecified atom stereocenters. The van der Waals surface area contributed by atoms with E-state index in [4.69, 9.17) is 0 Å². The monoisotopic (exact) mass is 334 g/mol. The fourth-order valence-corrected chi connectivity index (χ4v) is 3.51. The maximum Gasteiger partial charge on any atom is 0.153 e. The van der Waals surface area contributed by atoms with Gasteiger partial charge in [-0.1, -0.05) is 56.7 Å². The highest BCUT2D eigenvalue weighted by atomic mass is 32.2. The lowest BCUT2D eigenvalue weighted by atomic mass is 9.84. The number of aliphatic hydroxyl groups is 1. The van der Waals surface area contributed by atoms with Crippen LogP contribution in [-0.2, 0) is 10.8 Å². The molecule has 0 saturated heterocycles. The molecule has 0 aromatic heterocycles. The van der Waals surface area contributed by atoms with Crippen LogP contribution >= 0.6 is 0 Å². The summed E-state index contributed by atoms with van der Waals surface area (Å²) in [4.78, 5) is 1.03. The summed E-state index contributed by atoms with van der Waals surface area (Å²) in [5.74, 6) is 0. The van der Waals surface area contributed by atoms with Crippen LogP contribution in [0.4, 0.5) is 4.39 Å². The maximum atomic E-state index is 14.8. The fraction of sp³-hybridized carbons (Fsp3) is 0.368. The first-order valence-electron chi connectivity index (χ1n) is 7.61. The summed E-state index contributed by atoms with van der Waals surface area (Å²) in [7, 11) is -1.48. The van der Waals surface area contributed by atoms with E-state index in [1.165, 1.54) is 0 Å². The van der Waals surface area contributed by atoms with E-state index in [9.17, 15) is 13.7 Å². The lowest BCUT2D eigenvalue weighted by Gasteiger charge is -2.29. The first-order chi connectivity index (χ1) is 10.7. The van der Waals surface area contributed by atoms with Crippen molar-refractivity contribution in [1.29, 1.82) is 0 Å². The van der Waals surface area contributed by atoms with Crippen LogP contribution in [-0.4, -0.2) is 15.4 Å². The SMILES string of the molecule is Cc1ccc([S@](=O)c2ccccc2[C@H](F)[C@H](O)C(C)(C)C)cc1. The molecule has 124 valence electrons. The van der Waals surface area contributed by atoms with E-state index < -0.39 is 28.5 Å². The zero-order chi connectivity index (χ0) is 17.2. The number of aryl methyl sites for hydroxylation is 1. The molecule has 0 aliphatic carbocycles. The summed E-state index contributed by atoms with van der Waals surface area (Å²) < 4.78 is 27.7. The number of halogens is 1. The van der Waals surface area contributed by atoms with E-state index in [1.807, 2.05) is 19.1 Å². The second-order valence-corrected chi connectivity index (χ2v) is 8.28. The number of hydrogen-bond donors (Lipinski definition) is 1. The van der Waals surface area contributed by atoms with Gasteiger partial charge in [-0.15, -0.1) is 0 Å². The van der Waals surface area contributed by atoms with E-state index in [2.05, 4.69) is 0 Å². The van der Waals surface area contributed by atoms with Gasteiger partial charge in [0.05, 0.1) is 16.9 Å². The minimum Gasteiger partial charge on any atom is -0.389 e. The lowest BCUT2D eigenvalue weighted by Crippen LogP contribution is -2.31. The predicted molar refractivity (Wildman–Crippen MR) is 91.6 cm³/mol. The summed E-state index contributed by atoms with van der Waals surface area (Å²) in [6, 6.07) is 14.0. The van der Waals surface area contributed by atoms with Gasteiger partial charge in [-0.25, -0.2) is 8.60 Å². The Morgan fingerprint density at radius 2 is 1.61 bits per heavy atom. The zero-order valence-corrected chi connectivity index (χ0v) is 14.7. The van der Waals surface area contributed by atoms with E-state index in [1.54, 1.807) is 57.2 Å². The van der Waals surface area contributed by atoms with Crippen molar-refractivity contribution in [3.8, 4) is 0 Å². The van der Waals surface area contributed by atoms with Gasteiger partial charge < -0.3 is 5.11 Å². The predicted octanol–water partition coefficient (Wildman–Crippen LogP) is 4.58. The first kappa shape index (κ1) is 17.8. The van der Waals surface area contributed by atoms with E-state index in [-0.39, 0.29) is 5.56 Å². The average molecular weight is 334 g/mol. The molecular weight excluding hydrogens is 311 g/mol. The Labute approximate surface area is 139 Å². The van der Waals surface area contributed by atoms with Crippen molar-refractivity contribution in [2.24, 2.45) is 5.41 Å². The van der Waals surface area contributed by atoms with Crippen LogP contribution in [0.15, 0.2) is 58.3 Å². The standard InChI is InChI=1S/C19H23FO2S/c1-13-9-11-14(12-10-13)23(22)16-8-6-5-7-15(16)17(20)18(21)19(2,3)4/h5-12,17-18,21H,1-4H3/t17-,18-,23-/m0/s1. The summed E-state index contributed by atoms with van der Waals surface area (Å²) >= 11 is 0. The van der Waals surface area contributed by atoms with Crippen molar-refractivity contribution < 1.29 is 13.7 Å². The molecule has 23 heavy (non-hydrogen) atoms. The molecule has 0 saturated carbocycles. The van der Waals surface area contributed by atoms with Crippen molar-refractivity contribution in [3.63, 3.8) is 0 Å². The van der Waals surface area contributed by atoms with Gasteiger partial charge in [0, 0.05) is 15.4 Å². The van der Waals surface area contributed by atoms with Crippen LogP contribution in [0.2, 0.25) is 0 Å². The molecular formula is C19H23FO2S. The third kappa shape index (κ3) is 4.06. The molecule has 0 aliphatic rings. The molecule has 2 aromatic rings. The first-order valence-corrected chi connectivity index (χ1v) is 8.76. The fourth-order valence-electron chi connectivity index (χ4n) is 2.28. The Balaban J connectivity index is 2.41. The number of aliphatic hydroxyl groups excluding tert-OH is 1. The van der Waals surface area contributed by atoms with Crippen LogP contribution in [0.25, 0.3) is 0 Å². The number of benzene rings is 2. The minimum atomic E-state index is -1.58. The molecule has 1 N–H and O–H groups in total. The molecule has 2 nitrogen and oxygen atoms in total. The van der Waals surface area contributed by atoms with Crippen LogP contribution < -0.4 is 0 Å². The van der Waals surface area contributed by atoms with Gasteiger partial charge in [-0.2, -0.15) is 0 Å². The summed E-state index contributed by atoms with van der Waals surface area (Å²) in [5, 5.41) is 10.2. The molecule has 0 bridgehead atoms. The number of alkyl halides is 1. The third-order valence-corrected chi connectivity index (χ3v) is 5.29. The van der Waals surface area contributed by atoms with Crippen LogP contribution in [0.3, 0.4) is 0 Å². The highest BCUT2D eigenvalue weighted by molar-refractivity contribution is 7.85. The van der Waals surface area contributed by atoms with Crippen molar-refractivity contribution in [3.05, 3.63) is 59.7 Å². The largest absolute Gasteiger partial charge is 0.389 e. The molecule has 0 fully saturated rings. The van der Waals surface area contributed by atoms with Crippen LogP contribution in [0.1, 0.15) is 38.1 Å². The Morgan fingerprint density at radius 3 is 2.17 bits per heavy atom. The molecule has 0 radical (unpaired) electrons. The lowest BCUT2D eigenvalue weighted by molar-refractivity contribution is -0.00704. The number of hydrogen-bond acceptors (Lipinski definition) is 2. The smallest absolute Gasteiger partial charge is 0.153 e. The van der Waals surface area contributed by atoms with Gasteiger partial charge in [0.2, 0.25) is 0 Å². The summed E-state index contributed by atoms with van der Waals surface area (Å²) in [6.07, 6.45) is -2.75. The molecule has 2 rings (SSSR count). The Morgan fingerprint density at radius 1 is 1.04 bits per heavy atom. The van der Waals surface area contributed by atoms with Crippen molar-refractivity contribution in [1.82, 2.24) is 0 Å². The molecule has 2 aromatic carbocycles. The Bertz CT molecular complexity index is 689. The Kier molecular flexibility index (Phi) is 5.37. The highest BCUT2D eigenvalue weighted by Gasteiger charge is 2.33. The topological polar surface area (TPSA) is 37.3 Å². The van der Waals surface area contributed by atoms with Gasteiger partial charge in [-0.3, -0.25) is 0 Å². The van der Waals surface area contributed by atoms with Gasteiger partial charge in [-0.05, 0) is 30.5 Å². The Hall–Kier alpha value is -1.52. The van der Waals surface area contributed by atoms with Crippen molar-refractivity contribution in [2.75, 3.05) is 0 Å². The summed E-state index contributed by atoms with van der Waals surface area (Å²) in [6.45, 7) is 7.30. The molecule has 0 spiro atoms. The maximum absolute atomic E-state index is 14.8. The van der Waals surface area contributed by atoms with Crippen molar-refractivity contribution in [2.45, 2.75) is 49.8 Å². The van der Waals surface area contributed by atoms with Gasteiger partial charge >= 0.3 is 0 Å². The highest BCUT2D eigenvalue weighted by Crippen LogP contribution is 2.36. The normalized spacial score (nSPS) is 15.9. The zero-order valence-electron chi connectivity index (χ0n) is 13.9. The van der Waals surface area contributed by atoms with E-state index in [0.717, 1.165) is 5.56 Å². The second kappa shape index (κ2) is 6.93. The van der Waals surface area contributed by atoms with E-state index >= 15 is 0 Å². The van der Waals surface area contributed by atoms with E-state index in [0.29, 0.717) is 9.79 Å².